The van der Waals surface area contributed by atoms with Crippen LogP contribution in [0, 0.1) is 0 Å². The molecule has 0 amide bonds. The summed E-state index contributed by atoms with van der Waals surface area (Å²) in [4.78, 5) is 16.8. The van der Waals surface area contributed by atoms with Crippen LogP contribution < -0.4 is 10.5 Å². The van der Waals surface area contributed by atoms with E-state index in [1.54, 1.807) is 19.4 Å². The fourth-order valence-corrected chi connectivity index (χ4v) is 1.62. The standard InChI is InChI=1S/C13H17N5O/c1-3-9(14)6-10-4-5-15-13(18-10)11-7-12(19-2)17-8-16-11/h4-5,7-9H,3,6,14H2,1-2H3. The van der Waals surface area contributed by atoms with Gasteiger partial charge in [0, 0.05) is 30.4 Å². The molecule has 0 aliphatic rings. The summed E-state index contributed by atoms with van der Waals surface area (Å²) in [6, 6.07) is 3.69. The van der Waals surface area contributed by atoms with E-state index in [1.165, 1.54) is 6.33 Å². The van der Waals surface area contributed by atoms with Gasteiger partial charge >= 0.3 is 0 Å². The average Bonchev–Trinajstić information content (AvgIpc) is 2.47. The summed E-state index contributed by atoms with van der Waals surface area (Å²) >= 11 is 0. The van der Waals surface area contributed by atoms with E-state index in [-0.39, 0.29) is 6.04 Å². The highest BCUT2D eigenvalue weighted by molar-refractivity contribution is 5.49. The fourth-order valence-electron chi connectivity index (χ4n) is 1.62. The highest BCUT2D eigenvalue weighted by Gasteiger charge is 2.08. The van der Waals surface area contributed by atoms with Crippen LogP contribution in [0.5, 0.6) is 5.88 Å². The maximum Gasteiger partial charge on any atom is 0.216 e. The van der Waals surface area contributed by atoms with Crippen LogP contribution in [0.15, 0.2) is 24.7 Å². The van der Waals surface area contributed by atoms with Crippen LogP contribution >= 0.6 is 0 Å². The first kappa shape index (κ1) is 13.4. The molecule has 19 heavy (non-hydrogen) atoms. The molecule has 100 valence electrons. The molecule has 0 saturated carbocycles. The Hall–Kier alpha value is -2.08. The molecule has 6 nitrogen and oxygen atoms in total. The van der Waals surface area contributed by atoms with Crippen LogP contribution in [0.4, 0.5) is 0 Å². The summed E-state index contributed by atoms with van der Waals surface area (Å²) in [6.45, 7) is 2.06. The van der Waals surface area contributed by atoms with Crippen molar-refractivity contribution >= 4 is 0 Å². The van der Waals surface area contributed by atoms with Crippen molar-refractivity contribution in [2.45, 2.75) is 25.8 Å². The number of hydrogen-bond donors (Lipinski definition) is 1. The van der Waals surface area contributed by atoms with Crippen molar-refractivity contribution in [3.05, 3.63) is 30.4 Å². The number of methoxy groups -OCH3 is 1. The van der Waals surface area contributed by atoms with Gasteiger partial charge in [-0.1, -0.05) is 6.92 Å². The van der Waals surface area contributed by atoms with E-state index in [2.05, 4.69) is 26.9 Å². The molecular weight excluding hydrogens is 242 g/mol. The molecule has 2 aromatic rings. The highest BCUT2D eigenvalue weighted by Crippen LogP contribution is 2.16. The Morgan fingerprint density at radius 2 is 2.16 bits per heavy atom. The first-order valence-corrected chi connectivity index (χ1v) is 6.16. The first-order chi connectivity index (χ1) is 9.22. The largest absolute Gasteiger partial charge is 0.481 e. The second-order valence-corrected chi connectivity index (χ2v) is 4.19. The molecule has 1 unspecified atom stereocenters. The summed E-state index contributed by atoms with van der Waals surface area (Å²) in [5.74, 6) is 1.05. The molecule has 0 aliphatic heterocycles. The van der Waals surface area contributed by atoms with Crippen molar-refractivity contribution in [2.75, 3.05) is 7.11 Å². The predicted molar refractivity (Wildman–Crippen MR) is 71.6 cm³/mol. The number of ether oxygens (including phenoxy) is 1. The number of rotatable bonds is 5. The third kappa shape index (κ3) is 3.45. The zero-order valence-corrected chi connectivity index (χ0v) is 11.1. The fraction of sp³-hybridized carbons (Fsp3) is 0.385. The van der Waals surface area contributed by atoms with Gasteiger partial charge in [-0.3, -0.25) is 0 Å². The first-order valence-electron chi connectivity index (χ1n) is 6.16. The predicted octanol–water partition coefficient (Wildman–Crippen LogP) is 1.22. The van der Waals surface area contributed by atoms with E-state index >= 15 is 0 Å². The summed E-state index contributed by atoms with van der Waals surface area (Å²) in [5.41, 5.74) is 7.48. The van der Waals surface area contributed by atoms with Crippen molar-refractivity contribution in [3.63, 3.8) is 0 Å². The maximum absolute atomic E-state index is 5.93. The lowest BCUT2D eigenvalue weighted by Gasteiger charge is -2.08. The summed E-state index contributed by atoms with van der Waals surface area (Å²) < 4.78 is 5.06. The molecule has 6 heteroatoms. The molecule has 0 bridgehead atoms. The monoisotopic (exact) mass is 259 g/mol. The molecule has 2 heterocycles. The number of aromatic nitrogens is 4. The molecule has 0 fully saturated rings. The van der Waals surface area contributed by atoms with E-state index in [0.29, 0.717) is 17.4 Å². The molecule has 2 rings (SSSR count). The zero-order chi connectivity index (χ0) is 13.7. The Bertz CT molecular complexity index is 546. The van der Waals surface area contributed by atoms with Crippen molar-refractivity contribution in [1.82, 2.24) is 19.9 Å². The molecule has 0 saturated heterocycles. The highest BCUT2D eigenvalue weighted by atomic mass is 16.5. The Morgan fingerprint density at radius 3 is 2.89 bits per heavy atom. The van der Waals surface area contributed by atoms with Crippen LogP contribution in [-0.4, -0.2) is 33.1 Å². The van der Waals surface area contributed by atoms with Gasteiger partial charge < -0.3 is 10.5 Å². The van der Waals surface area contributed by atoms with Crippen LogP contribution in [-0.2, 0) is 6.42 Å². The second kappa shape index (κ2) is 6.19. The van der Waals surface area contributed by atoms with Gasteiger partial charge in [-0.25, -0.2) is 19.9 Å². The van der Waals surface area contributed by atoms with Gasteiger partial charge in [0.1, 0.15) is 12.0 Å². The molecular formula is C13H17N5O. The third-order valence-corrected chi connectivity index (χ3v) is 2.79. The molecule has 2 aromatic heterocycles. The minimum absolute atomic E-state index is 0.114. The van der Waals surface area contributed by atoms with Gasteiger partial charge in [-0.05, 0) is 12.5 Å². The van der Waals surface area contributed by atoms with Gasteiger partial charge in [-0.15, -0.1) is 0 Å². The van der Waals surface area contributed by atoms with Gasteiger partial charge in [-0.2, -0.15) is 0 Å². The van der Waals surface area contributed by atoms with Crippen LogP contribution in [0.25, 0.3) is 11.5 Å². The number of nitrogens with zero attached hydrogens (tertiary/aromatic N) is 4. The quantitative estimate of drug-likeness (QED) is 0.868. The molecule has 0 aliphatic carbocycles. The van der Waals surface area contributed by atoms with Gasteiger partial charge in [0.05, 0.1) is 7.11 Å². The molecule has 0 radical (unpaired) electrons. The van der Waals surface area contributed by atoms with E-state index in [9.17, 15) is 0 Å². The Labute approximate surface area is 112 Å². The van der Waals surface area contributed by atoms with E-state index in [4.69, 9.17) is 10.5 Å². The lowest BCUT2D eigenvalue weighted by Crippen LogP contribution is -2.22. The Balaban J connectivity index is 2.26. The number of hydrogen-bond acceptors (Lipinski definition) is 6. The minimum Gasteiger partial charge on any atom is -0.481 e. The molecule has 0 spiro atoms. The lowest BCUT2D eigenvalue weighted by atomic mass is 10.1. The van der Waals surface area contributed by atoms with Crippen LogP contribution in [0.1, 0.15) is 19.0 Å². The summed E-state index contributed by atoms with van der Waals surface area (Å²) in [5, 5.41) is 0. The summed E-state index contributed by atoms with van der Waals surface area (Å²) in [7, 11) is 1.56. The van der Waals surface area contributed by atoms with Crippen molar-refractivity contribution in [1.29, 1.82) is 0 Å². The average molecular weight is 259 g/mol. The normalized spacial score (nSPS) is 12.2. The van der Waals surface area contributed by atoms with E-state index in [0.717, 1.165) is 18.5 Å². The minimum atomic E-state index is 0.114. The number of nitrogens with two attached hydrogens (primary N) is 1. The van der Waals surface area contributed by atoms with E-state index < -0.39 is 0 Å². The lowest BCUT2D eigenvalue weighted by molar-refractivity contribution is 0.397. The van der Waals surface area contributed by atoms with Crippen molar-refractivity contribution < 1.29 is 4.74 Å². The topological polar surface area (TPSA) is 86.8 Å². The van der Waals surface area contributed by atoms with Gasteiger partial charge in [0.15, 0.2) is 5.82 Å². The van der Waals surface area contributed by atoms with Gasteiger partial charge in [0.25, 0.3) is 0 Å². The van der Waals surface area contributed by atoms with Crippen molar-refractivity contribution in [2.24, 2.45) is 5.73 Å². The van der Waals surface area contributed by atoms with Crippen LogP contribution in [0.2, 0.25) is 0 Å². The molecule has 0 aromatic carbocycles. The molecule has 1 atom stereocenters. The SMILES string of the molecule is CCC(N)Cc1ccnc(-c2cc(OC)ncn2)n1. The third-order valence-electron chi connectivity index (χ3n) is 2.79. The Morgan fingerprint density at radius 1 is 1.32 bits per heavy atom. The van der Waals surface area contributed by atoms with Crippen LogP contribution in [0.3, 0.4) is 0 Å². The molecule has 2 N–H and O–H groups in total. The van der Waals surface area contributed by atoms with Gasteiger partial charge in [0.2, 0.25) is 5.88 Å². The zero-order valence-electron chi connectivity index (χ0n) is 11.1. The van der Waals surface area contributed by atoms with Crippen molar-refractivity contribution in [3.8, 4) is 17.4 Å². The smallest absolute Gasteiger partial charge is 0.216 e. The summed E-state index contributed by atoms with van der Waals surface area (Å²) in [6.07, 6.45) is 4.80. The van der Waals surface area contributed by atoms with E-state index in [1.807, 2.05) is 6.07 Å². The second-order valence-electron chi connectivity index (χ2n) is 4.19. The Kier molecular flexibility index (Phi) is 4.35. The maximum atomic E-state index is 5.93.